The molecule has 1 atom stereocenters. The Bertz CT molecular complexity index is 799. The Kier molecular flexibility index (Phi) is 4.28. The van der Waals surface area contributed by atoms with Crippen molar-refractivity contribution in [3.8, 4) is 0 Å². The summed E-state index contributed by atoms with van der Waals surface area (Å²) >= 11 is 0. The minimum absolute atomic E-state index is 0.241. The van der Waals surface area contributed by atoms with Crippen LogP contribution in [0.15, 0.2) is 30.5 Å². The predicted molar refractivity (Wildman–Crippen MR) is 96.9 cm³/mol. The van der Waals surface area contributed by atoms with Crippen molar-refractivity contribution in [1.82, 2.24) is 14.9 Å². The molecule has 0 saturated carbocycles. The van der Waals surface area contributed by atoms with E-state index in [9.17, 15) is 4.79 Å². The molecule has 0 fully saturated rings. The lowest BCUT2D eigenvalue weighted by molar-refractivity contribution is -0.132. The van der Waals surface area contributed by atoms with E-state index in [4.69, 9.17) is 0 Å². The van der Waals surface area contributed by atoms with Crippen LogP contribution in [0.5, 0.6) is 0 Å². The van der Waals surface area contributed by atoms with Crippen molar-refractivity contribution >= 4 is 5.91 Å². The summed E-state index contributed by atoms with van der Waals surface area (Å²) in [6.45, 7) is 5.64. The number of benzene rings is 1. The summed E-state index contributed by atoms with van der Waals surface area (Å²) in [4.78, 5) is 23.9. The molecule has 1 aromatic heterocycles. The van der Waals surface area contributed by atoms with E-state index in [1.54, 1.807) is 0 Å². The number of hydrogen-bond acceptors (Lipinski definition) is 3. The first-order chi connectivity index (χ1) is 12.1. The Morgan fingerprint density at radius 2 is 2.08 bits per heavy atom. The summed E-state index contributed by atoms with van der Waals surface area (Å²) in [6.07, 6.45) is 5.60. The molecular formula is C21H25N3O. The lowest BCUT2D eigenvalue weighted by Gasteiger charge is -2.18. The van der Waals surface area contributed by atoms with E-state index in [1.165, 1.54) is 11.1 Å². The van der Waals surface area contributed by atoms with Crippen molar-refractivity contribution in [2.45, 2.75) is 58.5 Å². The van der Waals surface area contributed by atoms with Crippen LogP contribution in [-0.4, -0.2) is 20.8 Å². The number of carbonyl (C=O) groups excluding carboxylic acids is 1. The van der Waals surface area contributed by atoms with Crippen LogP contribution in [0.3, 0.4) is 0 Å². The largest absolute Gasteiger partial charge is 0.332 e. The monoisotopic (exact) mass is 335 g/mol. The fourth-order valence-electron chi connectivity index (χ4n) is 4.03. The average Bonchev–Trinajstić information content (AvgIpc) is 3.18. The molecule has 0 unspecified atom stereocenters. The van der Waals surface area contributed by atoms with Gasteiger partial charge in [0.05, 0.1) is 12.2 Å². The molecule has 25 heavy (non-hydrogen) atoms. The zero-order chi connectivity index (χ0) is 17.4. The highest BCUT2D eigenvalue weighted by atomic mass is 16.2. The Morgan fingerprint density at radius 3 is 2.92 bits per heavy atom. The maximum absolute atomic E-state index is 12.8. The molecule has 4 heteroatoms. The topological polar surface area (TPSA) is 46.1 Å². The standard InChI is InChI=1S/C21H25N3O/c1-14(2)9-20-22-11-17-12-24(13-19(17)23-20)21(25)10-16-8-7-15-5-3-4-6-18(15)16/h3-6,11,14,16H,7-10,12-13H2,1-2H3/t16-/m0/s1. The highest BCUT2D eigenvalue weighted by molar-refractivity contribution is 5.78. The summed E-state index contributed by atoms with van der Waals surface area (Å²) in [5.41, 5.74) is 4.92. The van der Waals surface area contributed by atoms with Gasteiger partial charge in [-0.1, -0.05) is 38.1 Å². The van der Waals surface area contributed by atoms with Gasteiger partial charge in [-0.05, 0) is 35.8 Å². The maximum Gasteiger partial charge on any atom is 0.223 e. The fourth-order valence-corrected chi connectivity index (χ4v) is 4.03. The van der Waals surface area contributed by atoms with Gasteiger partial charge in [0, 0.05) is 31.1 Å². The molecule has 0 bridgehead atoms. The number of aromatic nitrogens is 2. The summed E-state index contributed by atoms with van der Waals surface area (Å²) in [5, 5.41) is 0. The van der Waals surface area contributed by atoms with Crippen LogP contribution in [0.2, 0.25) is 0 Å². The first kappa shape index (κ1) is 16.2. The zero-order valence-corrected chi connectivity index (χ0v) is 15.0. The summed E-state index contributed by atoms with van der Waals surface area (Å²) in [7, 11) is 0. The van der Waals surface area contributed by atoms with E-state index < -0.39 is 0 Å². The second kappa shape index (κ2) is 6.58. The molecule has 1 aliphatic heterocycles. The van der Waals surface area contributed by atoms with Gasteiger partial charge in [0.1, 0.15) is 5.82 Å². The number of rotatable bonds is 4. The van der Waals surface area contributed by atoms with Crippen LogP contribution in [0.25, 0.3) is 0 Å². The quantitative estimate of drug-likeness (QED) is 0.857. The number of fused-ring (bicyclic) bond motifs is 2. The first-order valence-corrected chi connectivity index (χ1v) is 9.29. The molecule has 0 spiro atoms. The Morgan fingerprint density at radius 1 is 1.24 bits per heavy atom. The minimum Gasteiger partial charge on any atom is -0.332 e. The van der Waals surface area contributed by atoms with Crippen molar-refractivity contribution in [1.29, 1.82) is 0 Å². The normalized spacial score (nSPS) is 18.5. The average molecular weight is 335 g/mol. The fraction of sp³-hybridized carbons (Fsp3) is 0.476. The number of nitrogens with zero attached hydrogens (tertiary/aromatic N) is 3. The number of hydrogen-bond donors (Lipinski definition) is 0. The van der Waals surface area contributed by atoms with Crippen LogP contribution >= 0.6 is 0 Å². The van der Waals surface area contributed by atoms with Gasteiger partial charge in [-0.15, -0.1) is 0 Å². The summed E-state index contributed by atoms with van der Waals surface area (Å²) < 4.78 is 0. The molecule has 0 radical (unpaired) electrons. The third kappa shape index (κ3) is 3.30. The third-order valence-electron chi connectivity index (χ3n) is 5.33. The van der Waals surface area contributed by atoms with Crippen molar-refractivity contribution in [3.05, 3.63) is 58.7 Å². The molecule has 2 aliphatic rings. The van der Waals surface area contributed by atoms with Gasteiger partial charge in [0.15, 0.2) is 0 Å². The second-order valence-corrected chi connectivity index (χ2v) is 7.74. The van der Waals surface area contributed by atoms with Crippen molar-refractivity contribution in [3.63, 3.8) is 0 Å². The molecule has 1 amide bonds. The predicted octanol–water partition coefficient (Wildman–Crippen LogP) is 3.64. The Balaban J connectivity index is 1.42. The smallest absolute Gasteiger partial charge is 0.223 e. The van der Waals surface area contributed by atoms with Gasteiger partial charge in [-0.25, -0.2) is 9.97 Å². The first-order valence-electron chi connectivity index (χ1n) is 9.29. The van der Waals surface area contributed by atoms with Crippen LogP contribution < -0.4 is 0 Å². The SMILES string of the molecule is CC(C)Cc1ncc2c(n1)CN(C(=O)C[C@@H]1CCc3ccccc31)C2. The molecule has 1 aromatic carbocycles. The van der Waals surface area contributed by atoms with Gasteiger partial charge >= 0.3 is 0 Å². The lowest BCUT2D eigenvalue weighted by atomic mass is 9.97. The van der Waals surface area contributed by atoms with E-state index in [1.807, 2.05) is 11.1 Å². The van der Waals surface area contributed by atoms with Crippen LogP contribution in [0.1, 0.15) is 60.8 Å². The van der Waals surface area contributed by atoms with Crippen LogP contribution in [0.4, 0.5) is 0 Å². The molecule has 0 saturated heterocycles. The van der Waals surface area contributed by atoms with Gasteiger partial charge < -0.3 is 4.90 Å². The number of amides is 1. The lowest BCUT2D eigenvalue weighted by Crippen LogP contribution is -2.26. The molecule has 130 valence electrons. The Labute approximate surface area is 149 Å². The molecule has 0 N–H and O–H groups in total. The molecule has 1 aliphatic carbocycles. The molecule has 4 rings (SSSR count). The summed E-state index contributed by atoms with van der Waals surface area (Å²) in [6, 6.07) is 8.55. The molecule has 2 heterocycles. The minimum atomic E-state index is 0.241. The van der Waals surface area contributed by atoms with Gasteiger partial charge in [-0.3, -0.25) is 4.79 Å². The third-order valence-corrected chi connectivity index (χ3v) is 5.33. The Hall–Kier alpha value is -2.23. The summed E-state index contributed by atoms with van der Waals surface area (Å²) in [5.74, 6) is 2.05. The second-order valence-electron chi connectivity index (χ2n) is 7.74. The zero-order valence-electron chi connectivity index (χ0n) is 15.0. The molecular weight excluding hydrogens is 310 g/mol. The molecule has 2 aromatic rings. The number of aryl methyl sites for hydroxylation is 1. The van der Waals surface area contributed by atoms with Gasteiger partial charge in [0.25, 0.3) is 0 Å². The van der Waals surface area contributed by atoms with Crippen molar-refractivity contribution < 1.29 is 4.79 Å². The maximum atomic E-state index is 12.8. The van der Waals surface area contributed by atoms with E-state index in [2.05, 4.69) is 48.1 Å². The van der Waals surface area contributed by atoms with Crippen LogP contribution in [0, 0.1) is 5.92 Å². The van der Waals surface area contributed by atoms with E-state index in [-0.39, 0.29) is 5.91 Å². The number of carbonyl (C=O) groups is 1. The highest BCUT2D eigenvalue weighted by Gasteiger charge is 2.30. The van der Waals surface area contributed by atoms with Crippen molar-refractivity contribution in [2.24, 2.45) is 5.92 Å². The van der Waals surface area contributed by atoms with E-state index in [0.717, 1.165) is 36.3 Å². The highest BCUT2D eigenvalue weighted by Crippen LogP contribution is 2.36. The van der Waals surface area contributed by atoms with Crippen molar-refractivity contribution in [2.75, 3.05) is 0 Å². The van der Waals surface area contributed by atoms with Gasteiger partial charge in [-0.2, -0.15) is 0 Å². The van der Waals surface area contributed by atoms with Gasteiger partial charge in [0.2, 0.25) is 5.91 Å². The molecule has 4 nitrogen and oxygen atoms in total. The van der Waals surface area contributed by atoms with E-state index >= 15 is 0 Å². The van der Waals surface area contributed by atoms with E-state index in [0.29, 0.717) is 31.3 Å². The van der Waals surface area contributed by atoms with Crippen LogP contribution in [-0.2, 0) is 30.7 Å².